The molecule has 2 atom stereocenters. The lowest BCUT2D eigenvalue weighted by Gasteiger charge is -2.52. The smallest absolute Gasteiger partial charge is 0.0171 e. The fourth-order valence-electron chi connectivity index (χ4n) is 2.64. The lowest BCUT2D eigenvalue weighted by molar-refractivity contribution is 0.0126. The summed E-state index contributed by atoms with van der Waals surface area (Å²) in [7, 11) is 0. The van der Waals surface area contributed by atoms with Crippen molar-refractivity contribution in [3.05, 3.63) is 0 Å². The van der Waals surface area contributed by atoms with Gasteiger partial charge in [0.25, 0.3) is 0 Å². The Morgan fingerprint density at radius 3 is 1.53 bits per heavy atom. The molecule has 0 amide bonds. The van der Waals surface area contributed by atoms with Crippen molar-refractivity contribution < 1.29 is 0 Å². The van der Waals surface area contributed by atoms with Gasteiger partial charge < -0.3 is 11.1 Å². The molecule has 0 aliphatic heterocycles. The summed E-state index contributed by atoms with van der Waals surface area (Å²) < 4.78 is 0. The van der Waals surface area contributed by atoms with E-state index < -0.39 is 0 Å². The molecule has 2 unspecified atom stereocenters. The highest BCUT2D eigenvalue weighted by molar-refractivity contribution is 5.00. The van der Waals surface area contributed by atoms with E-state index in [2.05, 4.69) is 74.6 Å². The number of hydrogen-bond acceptors (Lipinski definition) is 2. The monoisotopic (exact) mass is 270 g/mol. The second-order valence-electron chi connectivity index (χ2n) is 8.98. The van der Waals surface area contributed by atoms with Crippen molar-refractivity contribution in [1.82, 2.24) is 5.32 Å². The van der Waals surface area contributed by atoms with Crippen LogP contribution in [0.2, 0.25) is 0 Å². The van der Waals surface area contributed by atoms with Gasteiger partial charge >= 0.3 is 0 Å². The Morgan fingerprint density at radius 2 is 1.32 bits per heavy atom. The third-order valence-corrected chi connectivity index (χ3v) is 4.99. The molecule has 0 aromatic carbocycles. The zero-order valence-electron chi connectivity index (χ0n) is 15.0. The Balaban J connectivity index is 5.56. The van der Waals surface area contributed by atoms with Crippen molar-refractivity contribution in [2.45, 2.75) is 81.3 Å². The minimum atomic E-state index is 0.175. The molecular weight excluding hydrogens is 232 g/mol. The van der Waals surface area contributed by atoms with Crippen molar-refractivity contribution in [1.29, 1.82) is 0 Å². The molecule has 0 radical (unpaired) electrons. The van der Waals surface area contributed by atoms with Crippen LogP contribution in [0.25, 0.3) is 0 Å². The molecule has 2 nitrogen and oxygen atoms in total. The van der Waals surface area contributed by atoms with Gasteiger partial charge in [0.1, 0.15) is 0 Å². The van der Waals surface area contributed by atoms with Gasteiger partial charge in [0.05, 0.1) is 0 Å². The fourth-order valence-corrected chi connectivity index (χ4v) is 2.64. The SMILES string of the molecule is CC(C)NC(C(CN)C(C)(C)C)C(C)(C)C(C)(C)C. The summed E-state index contributed by atoms with van der Waals surface area (Å²) in [4.78, 5) is 0. The Bertz CT molecular complexity index is 266. The average molecular weight is 271 g/mol. The minimum Gasteiger partial charge on any atom is -0.330 e. The Morgan fingerprint density at radius 1 is 0.895 bits per heavy atom. The summed E-state index contributed by atoms with van der Waals surface area (Å²) >= 11 is 0. The summed E-state index contributed by atoms with van der Waals surface area (Å²) in [5.74, 6) is 0.462. The van der Waals surface area contributed by atoms with E-state index in [0.717, 1.165) is 6.54 Å². The molecule has 2 heteroatoms. The second-order valence-corrected chi connectivity index (χ2v) is 8.98. The summed E-state index contributed by atoms with van der Waals surface area (Å²) in [5, 5.41) is 3.80. The van der Waals surface area contributed by atoms with Gasteiger partial charge in [0, 0.05) is 12.1 Å². The van der Waals surface area contributed by atoms with Crippen LogP contribution in [0.1, 0.15) is 69.2 Å². The minimum absolute atomic E-state index is 0.175. The van der Waals surface area contributed by atoms with Crippen LogP contribution < -0.4 is 11.1 Å². The normalized spacial score (nSPS) is 17.7. The molecule has 0 fully saturated rings. The number of rotatable bonds is 5. The Kier molecular flexibility index (Phi) is 6.11. The van der Waals surface area contributed by atoms with E-state index in [1.807, 2.05) is 0 Å². The maximum Gasteiger partial charge on any atom is 0.0171 e. The van der Waals surface area contributed by atoms with Crippen LogP contribution in [0.4, 0.5) is 0 Å². The van der Waals surface area contributed by atoms with Gasteiger partial charge in [-0.05, 0) is 28.7 Å². The predicted molar refractivity (Wildman–Crippen MR) is 87.3 cm³/mol. The highest BCUT2D eigenvalue weighted by atomic mass is 15.0. The quantitative estimate of drug-likeness (QED) is 0.791. The van der Waals surface area contributed by atoms with E-state index in [1.54, 1.807) is 0 Å². The average Bonchev–Trinajstić information content (AvgIpc) is 2.12. The lowest BCUT2D eigenvalue weighted by Crippen LogP contribution is -2.58. The van der Waals surface area contributed by atoms with E-state index in [1.165, 1.54) is 0 Å². The topological polar surface area (TPSA) is 38.0 Å². The molecule has 0 aliphatic rings. The van der Waals surface area contributed by atoms with Crippen LogP contribution in [0, 0.1) is 22.2 Å². The van der Waals surface area contributed by atoms with Gasteiger partial charge in [0.2, 0.25) is 0 Å². The third-order valence-electron chi connectivity index (χ3n) is 4.99. The highest BCUT2D eigenvalue weighted by Crippen LogP contribution is 2.46. The van der Waals surface area contributed by atoms with E-state index in [0.29, 0.717) is 18.0 Å². The van der Waals surface area contributed by atoms with Crippen molar-refractivity contribution in [2.24, 2.45) is 27.9 Å². The zero-order chi connectivity index (χ0) is 15.6. The molecule has 0 aromatic rings. The maximum atomic E-state index is 6.14. The molecule has 0 saturated carbocycles. The third kappa shape index (κ3) is 4.75. The fraction of sp³-hybridized carbons (Fsp3) is 1.00. The molecule has 0 spiro atoms. The van der Waals surface area contributed by atoms with Gasteiger partial charge in [-0.1, -0.05) is 69.2 Å². The summed E-state index contributed by atoms with van der Waals surface area (Å²) in [6.45, 7) is 23.8. The number of nitrogens with two attached hydrogens (primary N) is 1. The molecule has 0 rings (SSSR count). The standard InChI is InChI=1S/C17H38N2/c1-12(2)19-14(13(11-18)15(3,4)5)17(9,10)16(6,7)8/h12-14,19H,11,18H2,1-10H3. The molecule has 3 N–H and O–H groups in total. The van der Waals surface area contributed by atoms with E-state index >= 15 is 0 Å². The molecule has 0 saturated heterocycles. The van der Waals surface area contributed by atoms with Gasteiger partial charge in [-0.15, -0.1) is 0 Å². The van der Waals surface area contributed by atoms with E-state index in [4.69, 9.17) is 5.73 Å². The van der Waals surface area contributed by atoms with Crippen molar-refractivity contribution in [2.75, 3.05) is 6.54 Å². The lowest BCUT2D eigenvalue weighted by atomic mass is 9.58. The van der Waals surface area contributed by atoms with Crippen LogP contribution in [0.3, 0.4) is 0 Å². The summed E-state index contributed by atoms with van der Waals surface area (Å²) in [5.41, 5.74) is 6.76. The van der Waals surface area contributed by atoms with E-state index in [9.17, 15) is 0 Å². The molecule has 0 bridgehead atoms. The first-order valence-electron chi connectivity index (χ1n) is 7.71. The molecule has 0 heterocycles. The summed E-state index contributed by atoms with van der Waals surface area (Å²) in [6.07, 6.45) is 0. The Hall–Kier alpha value is -0.0800. The van der Waals surface area contributed by atoms with Crippen molar-refractivity contribution in [3.8, 4) is 0 Å². The van der Waals surface area contributed by atoms with Gasteiger partial charge in [-0.2, -0.15) is 0 Å². The van der Waals surface area contributed by atoms with Gasteiger partial charge in [-0.3, -0.25) is 0 Å². The maximum absolute atomic E-state index is 6.14. The largest absolute Gasteiger partial charge is 0.330 e. The van der Waals surface area contributed by atoms with Crippen LogP contribution in [-0.4, -0.2) is 18.6 Å². The van der Waals surface area contributed by atoms with Crippen LogP contribution in [0.5, 0.6) is 0 Å². The van der Waals surface area contributed by atoms with Crippen LogP contribution >= 0.6 is 0 Å². The zero-order valence-corrected chi connectivity index (χ0v) is 15.0. The Labute approximate surface area is 121 Å². The second kappa shape index (κ2) is 6.13. The van der Waals surface area contributed by atoms with Gasteiger partial charge in [0.15, 0.2) is 0 Å². The summed E-state index contributed by atoms with van der Waals surface area (Å²) in [6, 6.07) is 0.889. The molecule has 116 valence electrons. The molecule has 19 heavy (non-hydrogen) atoms. The molecule has 0 aliphatic carbocycles. The first kappa shape index (κ1) is 18.9. The van der Waals surface area contributed by atoms with Crippen molar-refractivity contribution in [3.63, 3.8) is 0 Å². The van der Waals surface area contributed by atoms with E-state index in [-0.39, 0.29) is 16.2 Å². The first-order valence-corrected chi connectivity index (χ1v) is 7.71. The van der Waals surface area contributed by atoms with Gasteiger partial charge in [-0.25, -0.2) is 0 Å². The first-order chi connectivity index (χ1) is 8.25. The van der Waals surface area contributed by atoms with Crippen LogP contribution in [-0.2, 0) is 0 Å². The predicted octanol–water partition coefficient (Wildman–Crippen LogP) is 4.05. The van der Waals surface area contributed by atoms with Crippen molar-refractivity contribution >= 4 is 0 Å². The molecular formula is C17H38N2. The number of hydrogen-bond donors (Lipinski definition) is 2. The van der Waals surface area contributed by atoms with Crippen LogP contribution in [0.15, 0.2) is 0 Å². The highest BCUT2D eigenvalue weighted by Gasteiger charge is 2.46. The number of nitrogens with one attached hydrogen (secondary N) is 1. The molecule has 0 aromatic heterocycles.